The van der Waals surface area contributed by atoms with E-state index in [1.807, 2.05) is 43.3 Å². The zero-order chi connectivity index (χ0) is 28.7. The molecule has 1 aliphatic carbocycles. The minimum Gasteiger partial charge on any atom is -0.359 e. The molecule has 8 atom stereocenters. The van der Waals surface area contributed by atoms with E-state index in [1.54, 1.807) is 4.90 Å². The quantitative estimate of drug-likeness (QED) is 0.469. The molecule has 0 unspecified atom stereocenters. The lowest BCUT2D eigenvalue weighted by Gasteiger charge is -2.38. The van der Waals surface area contributed by atoms with Crippen molar-refractivity contribution < 1.29 is 19.1 Å². The Kier molecular flexibility index (Phi) is 7.98. The number of nitrogens with one attached hydrogen (secondary N) is 2. The third-order valence-corrected chi connectivity index (χ3v) is 10.6. The highest BCUT2D eigenvalue weighted by Crippen LogP contribution is 2.55. The van der Waals surface area contributed by atoms with Crippen LogP contribution in [0.1, 0.15) is 64.4 Å². The number of benzene rings is 1. The number of carbonyl (C=O) groups excluding carboxylic acids is 3. The van der Waals surface area contributed by atoms with Crippen molar-refractivity contribution in [2.24, 2.45) is 23.7 Å². The Balaban J connectivity index is 1.25. The van der Waals surface area contributed by atoms with E-state index in [-0.39, 0.29) is 23.8 Å². The molecule has 4 aliphatic heterocycles. The average Bonchev–Trinajstić information content (AvgIpc) is 3.59. The first-order valence-corrected chi connectivity index (χ1v) is 15.9. The second-order valence-corrected chi connectivity index (χ2v) is 13.2. The first-order valence-electron chi connectivity index (χ1n) is 15.9. The molecule has 1 spiro atoms. The molecule has 8 nitrogen and oxygen atoms in total. The summed E-state index contributed by atoms with van der Waals surface area (Å²) in [6.45, 7) is 10.0. The fourth-order valence-electron chi connectivity index (χ4n) is 8.15. The van der Waals surface area contributed by atoms with Crippen LogP contribution >= 0.6 is 0 Å². The number of likely N-dealkylation sites (tertiary alicyclic amines) is 2. The molecule has 1 aromatic rings. The van der Waals surface area contributed by atoms with Crippen molar-refractivity contribution >= 4 is 23.4 Å². The van der Waals surface area contributed by atoms with Crippen molar-refractivity contribution in [1.29, 1.82) is 0 Å². The molecule has 41 heavy (non-hydrogen) atoms. The third kappa shape index (κ3) is 5.22. The lowest BCUT2D eigenvalue weighted by atomic mass is 9.73. The Morgan fingerprint density at radius 1 is 1.05 bits per heavy atom. The van der Waals surface area contributed by atoms with Gasteiger partial charge in [-0.05, 0) is 81.8 Å². The number of fused-ring (bicyclic) bond motifs is 1. The van der Waals surface area contributed by atoms with Crippen LogP contribution < -0.4 is 10.6 Å². The molecule has 6 rings (SSSR count). The van der Waals surface area contributed by atoms with E-state index in [2.05, 4.69) is 29.4 Å². The van der Waals surface area contributed by atoms with Crippen molar-refractivity contribution in [2.45, 2.75) is 89.5 Å². The summed E-state index contributed by atoms with van der Waals surface area (Å²) in [5.41, 5.74) is 0.632. The van der Waals surface area contributed by atoms with Gasteiger partial charge in [-0.15, -0.1) is 0 Å². The summed E-state index contributed by atoms with van der Waals surface area (Å²) in [5, 5.41) is 6.38. The maximum absolute atomic E-state index is 14.2. The predicted octanol–water partition coefficient (Wildman–Crippen LogP) is 3.90. The predicted molar refractivity (Wildman–Crippen MR) is 158 cm³/mol. The summed E-state index contributed by atoms with van der Waals surface area (Å²) in [6, 6.07) is 6.97. The number of nitrogens with zero attached hydrogens (tertiary/aromatic N) is 2. The SMILES string of the molecule is Cc1cccc(NC(=O)[C@@H]2[C@@H]3C=C[C@]4(O3)[C@@H]2C(=O)N(CCCN2CCCCC2)[C@H]4C(=O)N[C@@H]2CCC[C@H](C)[C@@H]2C)c1. The summed E-state index contributed by atoms with van der Waals surface area (Å²) in [4.78, 5) is 46.3. The van der Waals surface area contributed by atoms with Crippen molar-refractivity contribution in [3.05, 3.63) is 42.0 Å². The van der Waals surface area contributed by atoms with Crippen LogP contribution in [0, 0.1) is 30.6 Å². The summed E-state index contributed by atoms with van der Waals surface area (Å²) >= 11 is 0. The molecule has 8 heteroatoms. The molecule has 2 N–H and O–H groups in total. The molecular formula is C33H46N4O4. The Hall–Kier alpha value is -2.71. The zero-order valence-corrected chi connectivity index (χ0v) is 24.8. The average molecular weight is 563 g/mol. The smallest absolute Gasteiger partial charge is 0.246 e. The number of rotatable bonds is 8. The van der Waals surface area contributed by atoms with Gasteiger partial charge in [0.1, 0.15) is 11.6 Å². The molecule has 222 valence electrons. The zero-order valence-electron chi connectivity index (χ0n) is 24.8. The minimum atomic E-state index is -1.12. The van der Waals surface area contributed by atoms with Crippen LogP contribution in [-0.2, 0) is 19.1 Å². The largest absolute Gasteiger partial charge is 0.359 e. The molecule has 1 saturated carbocycles. The number of hydrogen-bond acceptors (Lipinski definition) is 5. The Morgan fingerprint density at radius 2 is 1.85 bits per heavy atom. The number of amides is 3. The maximum atomic E-state index is 14.2. The molecule has 3 amide bonds. The van der Waals surface area contributed by atoms with Crippen LogP contribution in [0.5, 0.6) is 0 Å². The highest BCUT2D eigenvalue weighted by molar-refractivity contribution is 6.02. The lowest BCUT2D eigenvalue weighted by molar-refractivity contribution is -0.141. The van der Waals surface area contributed by atoms with E-state index in [0.29, 0.717) is 24.1 Å². The monoisotopic (exact) mass is 562 g/mol. The van der Waals surface area contributed by atoms with Gasteiger partial charge in [-0.3, -0.25) is 14.4 Å². The molecule has 2 bridgehead atoms. The second-order valence-electron chi connectivity index (χ2n) is 13.2. The number of anilines is 1. The van der Waals surface area contributed by atoms with Crippen molar-refractivity contribution in [3.8, 4) is 0 Å². The number of ether oxygens (including phenoxy) is 1. The molecule has 4 fully saturated rings. The van der Waals surface area contributed by atoms with E-state index < -0.39 is 29.6 Å². The van der Waals surface area contributed by atoms with Gasteiger partial charge >= 0.3 is 0 Å². The van der Waals surface area contributed by atoms with Crippen LogP contribution in [0.3, 0.4) is 0 Å². The summed E-state index contributed by atoms with van der Waals surface area (Å²) in [6.07, 6.45) is 11.0. The first kappa shape index (κ1) is 28.4. The van der Waals surface area contributed by atoms with E-state index in [1.165, 1.54) is 25.7 Å². The lowest BCUT2D eigenvalue weighted by Crippen LogP contribution is -2.58. The highest BCUT2D eigenvalue weighted by Gasteiger charge is 2.72. The number of carbonyl (C=O) groups is 3. The van der Waals surface area contributed by atoms with Crippen LogP contribution in [0.2, 0.25) is 0 Å². The van der Waals surface area contributed by atoms with Crippen LogP contribution in [-0.4, -0.2) is 77.5 Å². The molecule has 3 saturated heterocycles. The summed E-state index contributed by atoms with van der Waals surface area (Å²) in [5.74, 6) is -0.984. The van der Waals surface area contributed by atoms with Gasteiger partial charge in [-0.25, -0.2) is 0 Å². The van der Waals surface area contributed by atoms with Gasteiger partial charge in [0, 0.05) is 18.3 Å². The van der Waals surface area contributed by atoms with E-state index in [9.17, 15) is 14.4 Å². The maximum Gasteiger partial charge on any atom is 0.246 e. The van der Waals surface area contributed by atoms with Crippen molar-refractivity contribution in [3.63, 3.8) is 0 Å². The van der Waals surface area contributed by atoms with Gasteiger partial charge in [0.15, 0.2) is 0 Å². The fraction of sp³-hybridized carbons (Fsp3) is 0.667. The van der Waals surface area contributed by atoms with Crippen molar-refractivity contribution in [1.82, 2.24) is 15.1 Å². The topological polar surface area (TPSA) is 91.0 Å². The van der Waals surface area contributed by atoms with Crippen LogP contribution in [0.15, 0.2) is 36.4 Å². The number of hydrogen-bond donors (Lipinski definition) is 2. The summed E-state index contributed by atoms with van der Waals surface area (Å²) in [7, 11) is 0. The molecule has 0 aromatic heterocycles. The standard InChI is InChI=1S/C33H46N4O4/c1-21-10-7-12-24(20-21)34-30(38)27-26-14-15-33(41-26)28(27)32(40)37(19-9-18-36-16-5-4-6-17-36)29(33)31(39)35-25-13-8-11-22(2)23(25)3/h7,10,12,14-15,20,22-23,25-29H,4-6,8-9,11,13,16-19H2,1-3H3,(H,34,38)(H,35,39)/t22-,23-,25+,26-,27+,28-,29-,33-/m0/s1. The number of aryl methyl sites for hydroxylation is 1. The Morgan fingerprint density at radius 3 is 2.63 bits per heavy atom. The van der Waals surface area contributed by atoms with Gasteiger partial charge < -0.3 is 25.2 Å². The van der Waals surface area contributed by atoms with E-state index in [4.69, 9.17) is 4.74 Å². The van der Waals surface area contributed by atoms with Crippen LogP contribution in [0.4, 0.5) is 5.69 Å². The van der Waals surface area contributed by atoms with E-state index >= 15 is 0 Å². The minimum absolute atomic E-state index is 0.0787. The van der Waals surface area contributed by atoms with Gasteiger partial charge in [-0.1, -0.05) is 57.4 Å². The van der Waals surface area contributed by atoms with Gasteiger partial charge in [0.2, 0.25) is 17.7 Å². The summed E-state index contributed by atoms with van der Waals surface area (Å²) < 4.78 is 6.54. The van der Waals surface area contributed by atoms with Crippen LogP contribution in [0.25, 0.3) is 0 Å². The second kappa shape index (κ2) is 11.5. The Bertz CT molecular complexity index is 1200. The normalized spacial score (nSPS) is 36.4. The van der Waals surface area contributed by atoms with Gasteiger partial charge in [0.05, 0.1) is 17.9 Å². The third-order valence-electron chi connectivity index (χ3n) is 10.6. The first-order chi connectivity index (χ1) is 19.8. The molecule has 1 aromatic carbocycles. The molecule has 5 aliphatic rings. The number of piperidine rings is 1. The molecular weight excluding hydrogens is 516 g/mol. The van der Waals surface area contributed by atoms with Gasteiger partial charge in [-0.2, -0.15) is 0 Å². The fourth-order valence-corrected chi connectivity index (χ4v) is 8.15. The van der Waals surface area contributed by atoms with E-state index in [0.717, 1.165) is 44.5 Å². The Labute approximate surface area is 244 Å². The molecule has 0 radical (unpaired) electrons. The van der Waals surface area contributed by atoms with Crippen molar-refractivity contribution in [2.75, 3.05) is 31.5 Å². The highest BCUT2D eigenvalue weighted by atomic mass is 16.5. The van der Waals surface area contributed by atoms with Gasteiger partial charge in [0.25, 0.3) is 0 Å². The molecule has 4 heterocycles.